The van der Waals surface area contributed by atoms with E-state index >= 15 is 0 Å². The van der Waals surface area contributed by atoms with Crippen LogP contribution in [0.15, 0.2) is 24.8 Å². The zero-order valence-electron chi connectivity index (χ0n) is 9.66. The fourth-order valence-corrected chi connectivity index (χ4v) is 1.24. The molecular formula is C10H14N6O. The quantitative estimate of drug-likeness (QED) is 0.612. The van der Waals surface area contributed by atoms with E-state index in [1.54, 1.807) is 17.1 Å². The van der Waals surface area contributed by atoms with Crippen molar-refractivity contribution in [3.05, 3.63) is 24.8 Å². The van der Waals surface area contributed by atoms with Crippen molar-refractivity contribution in [1.29, 1.82) is 0 Å². The Balaban J connectivity index is 2.13. The molecule has 2 aromatic rings. The third-order valence-electron chi connectivity index (χ3n) is 2.09. The predicted molar refractivity (Wildman–Crippen MR) is 62.5 cm³/mol. The largest absolute Gasteiger partial charge is 0.434 e. The normalized spacial score (nSPS) is 10.6. The van der Waals surface area contributed by atoms with Crippen LogP contribution in [0.2, 0.25) is 0 Å². The lowest BCUT2D eigenvalue weighted by molar-refractivity contribution is 0.457. The average molecular weight is 234 g/mol. The van der Waals surface area contributed by atoms with Crippen molar-refractivity contribution in [1.82, 2.24) is 19.7 Å². The first-order chi connectivity index (χ1) is 8.19. The Hall–Kier alpha value is -2.15. The Morgan fingerprint density at radius 2 is 2.18 bits per heavy atom. The first kappa shape index (κ1) is 11.3. The van der Waals surface area contributed by atoms with E-state index in [9.17, 15) is 0 Å². The minimum Gasteiger partial charge on any atom is -0.434 e. The molecule has 0 aliphatic heterocycles. The Kier molecular flexibility index (Phi) is 3.20. The van der Waals surface area contributed by atoms with Crippen molar-refractivity contribution < 1.29 is 4.74 Å². The van der Waals surface area contributed by atoms with Gasteiger partial charge >= 0.3 is 0 Å². The van der Waals surface area contributed by atoms with Gasteiger partial charge in [0.25, 0.3) is 0 Å². The van der Waals surface area contributed by atoms with Gasteiger partial charge in [0, 0.05) is 6.04 Å². The molecule has 2 rings (SSSR count). The summed E-state index contributed by atoms with van der Waals surface area (Å²) in [6.45, 7) is 4.07. The first-order valence-corrected chi connectivity index (χ1v) is 5.19. The van der Waals surface area contributed by atoms with E-state index in [-0.39, 0.29) is 6.04 Å². The Morgan fingerprint density at radius 1 is 1.35 bits per heavy atom. The molecule has 0 aromatic carbocycles. The minimum absolute atomic E-state index is 0.287. The summed E-state index contributed by atoms with van der Waals surface area (Å²) >= 11 is 0. The number of hydrazine groups is 1. The summed E-state index contributed by atoms with van der Waals surface area (Å²) < 4.78 is 7.30. The Morgan fingerprint density at radius 3 is 2.82 bits per heavy atom. The molecule has 90 valence electrons. The molecule has 17 heavy (non-hydrogen) atoms. The molecule has 0 unspecified atom stereocenters. The smallest absolute Gasteiger partial charge is 0.240 e. The number of rotatable bonds is 4. The summed E-state index contributed by atoms with van der Waals surface area (Å²) in [6.07, 6.45) is 6.44. The second-order valence-corrected chi connectivity index (χ2v) is 3.74. The number of aromatic nitrogens is 4. The van der Waals surface area contributed by atoms with Crippen molar-refractivity contribution in [2.45, 2.75) is 19.9 Å². The van der Waals surface area contributed by atoms with Gasteiger partial charge in [-0.25, -0.2) is 5.84 Å². The van der Waals surface area contributed by atoms with Crippen molar-refractivity contribution in [3.8, 4) is 11.6 Å². The van der Waals surface area contributed by atoms with E-state index in [4.69, 9.17) is 10.6 Å². The number of nitrogens with one attached hydrogen (secondary N) is 1. The maximum absolute atomic E-state index is 5.50. The summed E-state index contributed by atoms with van der Waals surface area (Å²) in [5, 5.41) is 4.16. The summed E-state index contributed by atoms with van der Waals surface area (Å²) in [4.78, 5) is 8.02. The van der Waals surface area contributed by atoms with E-state index < -0.39 is 0 Å². The predicted octanol–water partition coefficient (Wildman–Crippen LogP) is 1.33. The number of nitrogen functional groups attached to an aromatic ring is 1. The monoisotopic (exact) mass is 234 g/mol. The van der Waals surface area contributed by atoms with E-state index in [1.807, 2.05) is 13.8 Å². The number of anilines is 1. The Labute approximate surface area is 98.6 Å². The van der Waals surface area contributed by atoms with Gasteiger partial charge in [0.2, 0.25) is 5.88 Å². The van der Waals surface area contributed by atoms with Gasteiger partial charge in [-0.3, -0.25) is 9.67 Å². The lowest BCUT2D eigenvalue weighted by Crippen LogP contribution is -2.08. The zero-order chi connectivity index (χ0) is 12.3. The average Bonchev–Trinajstić information content (AvgIpc) is 2.78. The van der Waals surface area contributed by atoms with Gasteiger partial charge in [0.1, 0.15) is 0 Å². The van der Waals surface area contributed by atoms with E-state index in [1.165, 1.54) is 12.4 Å². The van der Waals surface area contributed by atoms with E-state index in [2.05, 4.69) is 20.5 Å². The van der Waals surface area contributed by atoms with Crippen LogP contribution >= 0.6 is 0 Å². The molecule has 0 saturated carbocycles. The van der Waals surface area contributed by atoms with Crippen LogP contribution < -0.4 is 16.0 Å². The molecule has 0 atom stereocenters. The van der Waals surface area contributed by atoms with Gasteiger partial charge in [-0.15, -0.1) is 0 Å². The molecule has 2 aromatic heterocycles. The summed E-state index contributed by atoms with van der Waals surface area (Å²) in [6, 6.07) is 0.287. The molecule has 0 aliphatic carbocycles. The lowest BCUT2D eigenvalue weighted by Gasteiger charge is -2.04. The summed E-state index contributed by atoms with van der Waals surface area (Å²) in [5.41, 5.74) is 2.40. The van der Waals surface area contributed by atoms with Gasteiger partial charge in [-0.2, -0.15) is 10.1 Å². The molecule has 2 heterocycles. The molecule has 3 N–H and O–H groups in total. The zero-order valence-corrected chi connectivity index (χ0v) is 9.66. The van der Waals surface area contributed by atoms with Crippen LogP contribution in [0.4, 0.5) is 5.82 Å². The standard InChI is InChI=1S/C10H14N6O/c1-7(2)16-6-8(3-13-16)17-10-5-12-4-9(14-10)15-11/h3-7H,11H2,1-2H3,(H,14,15). The fraction of sp³-hybridized carbons (Fsp3) is 0.300. The minimum atomic E-state index is 0.287. The molecule has 0 aliphatic rings. The van der Waals surface area contributed by atoms with Crippen LogP contribution in [-0.2, 0) is 0 Å². The van der Waals surface area contributed by atoms with Gasteiger partial charge in [0.05, 0.1) is 24.8 Å². The molecule has 0 saturated heterocycles. The van der Waals surface area contributed by atoms with E-state index in [0.29, 0.717) is 17.4 Å². The van der Waals surface area contributed by atoms with Crippen LogP contribution in [0.25, 0.3) is 0 Å². The fourth-order valence-electron chi connectivity index (χ4n) is 1.24. The SMILES string of the molecule is CC(C)n1cc(Oc2cncc(NN)n2)cn1. The maximum atomic E-state index is 5.50. The number of nitrogens with zero attached hydrogens (tertiary/aromatic N) is 4. The van der Waals surface area contributed by atoms with Crippen LogP contribution in [0, 0.1) is 0 Å². The summed E-state index contributed by atoms with van der Waals surface area (Å²) in [7, 11) is 0. The highest BCUT2D eigenvalue weighted by Crippen LogP contribution is 2.19. The van der Waals surface area contributed by atoms with Gasteiger partial charge < -0.3 is 10.2 Å². The van der Waals surface area contributed by atoms with Gasteiger partial charge in [-0.05, 0) is 13.8 Å². The molecule has 0 spiro atoms. The van der Waals surface area contributed by atoms with Crippen LogP contribution in [0.1, 0.15) is 19.9 Å². The Bertz CT molecular complexity index is 495. The van der Waals surface area contributed by atoms with Crippen molar-refractivity contribution in [3.63, 3.8) is 0 Å². The second-order valence-electron chi connectivity index (χ2n) is 3.74. The molecule has 7 heteroatoms. The number of hydrogen-bond acceptors (Lipinski definition) is 6. The topological polar surface area (TPSA) is 90.9 Å². The molecule has 0 radical (unpaired) electrons. The van der Waals surface area contributed by atoms with Crippen molar-refractivity contribution in [2.75, 3.05) is 5.43 Å². The molecule has 0 bridgehead atoms. The van der Waals surface area contributed by atoms with Crippen LogP contribution in [0.3, 0.4) is 0 Å². The van der Waals surface area contributed by atoms with Crippen molar-refractivity contribution >= 4 is 5.82 Å². The highest BCUT2D eigenvalue weighted by molar-refractivity contribution is 5.32. The molecular weight excluding hydrogens is 220 g/mol. The molecule has 7 nitrogen and oxygen atoms in total. The third-order valence-corrected chi connectivity index (χ3v) is 2.09. The molecule has 0 amide bonds. The van der Waals surface area contributed by atoms with E-state index in [0.717, 1.165) is 0 Å². The number of ether oxygens (including phenoxy) is 1. The van der Waals surface area contributed by atoms with Crippen LogP contribution in [0.5, 0.6) is 11.6 Å². The van der Waals surface area contributed by atoms with Gasteiger partial charge in [0.15, 0.2) is 11.6 Å². The lowest BCUT2D eigenvalue weighted by atomic mass is 10.4. The van der Waals surface area contributed by atoms with Gasteiger partial charge in [-0.1, -0.05) is 0 Å². The third kappa shape index (κ3) is 2.70. The highest BCUT2D eigenvalue weighted by Gasteiger charge is 2.05. The van der Waals surface area contributed by atoms with Crippen LogP contribution in [-0.4, -0.2) is 19.7 Å². The maximum Gasteiger partial charge on any atom is 0.240 e. The number of nitrogens with two attached hydrogens (primary N) is 1. The second kappa shape index (κ2) is 4.79. The first-order valence-electron chi connectivity index (χ1n) is 5.19. The molecule has 0 fully saturated rings. The number of hydrogen-bond donors (Lipinski definition) is 2. The highest BCUT2D eigenvalue weighted by atomic mass is 16.5. The van der Waals surface area contributed by atoms with Crippen molar-refractivity contribution in [2.24, 2.45) is 5.84 Å². The summed E-state index contributed by atoms with van der Waals surface area (Å²) in [5.74, 6) is 6.65.